The van der Waals surface area contributed by atoms with Crippen molar-refractivity contribution < 1.29 is 29.0 Å². The van der Waals surface area contributed by atoms with Gasteiger partial charge in [-0.15, -0.1) is 11.8 Å². The first kappa shape index (κ1) is 40.8. The average Bonchev–Trinajstić information content (AvgIpc) is 3.59. The molecule has 6 N–H and O–H groups in total. The van der Waals surface area contributed by atoms with Gasteiger partial charge in [0.05, 0.1) is 29.9 Å². The molecule has 278 valence electrons. The largest absolute Gasteiger partial charge is 0.444 e. The fraction of sp³-hybridized carbons (Fsp3) is 0.639. The topological polar surface area (TPSA) is 178 Å². The summed E-state index contributed by atoms with van der Waals surface area (Å²) in [5.41, 5.74) is 0.602. The Labute approximate surface area is 300 Å². The molecule has 4 atom stereocenters. The second kappa shape index (κ2) is 20.9. The minimum Gasteiger partial charge on any atom is -0.444 e. The minimum atomic E-state index is -1.05. The lowest BCUT2D eigenvalue weighted by Gasteiger charge is -2.32. The van der Waals surface area contributed by atoms with Gasteiger partial charge in [0.25, 0.3) is 0 Å². The van der Waals surface area contributed by atoms with Gasteiger partial charge in [-0.1, -0.05) is 62.4 Å². The maximum Gasteiger partial charge on any atom is 0.408 e. The maximum absolute atomic E-state index is 14.1. The molecule has 1 aliphatic carbocycles. The van der Waals surface area contributed by atoms with Gasteiger partial charge >= 0.3 is 6.09 Å². The van der Waals surface area contributed by atoms with Crippen molar-refractivity contribution in [1.29, 1.82) is 0 Å². The summed E-state index contributed by atoms with van der Waals surface area (Å²) in [6.45, 7) is 6.48. The molecule has 1 aromatic heterocycles. The first-order valence-corrected chi connectivity index (χ1v) is 18.8. The van der Waals surface area contributed by atoms with Crippen molar-refractivity contribution in [2.75, 3.05) is 38.7 Å². The van der Waals surface area contributed by atoms with Crippen molar-refractivity contribution in [2.45, 2.75) is 102 Å². The lowest BCUT2D eigenvalue weighted by molar-refractivity contribution is -0.130. The van der Waals surface area contributed by atoms with E-state index in [0.717, 1.165) is 31.2 Å². The van der Waals surface area contributed by atoms with Gasteiger partial charge in [0.2, 0.25) is 17.7 Å². The number of imidazole rings is 1. The van der Waals surface area contributed by atoms with E-state index in [0.29, 0.717) is 31.1 Å². The van der Waals surface area contributed by atoms with Crippen LogP contribution in [-0.4, -0.2) is 112 Å². The van der Waals surface area contributed by atoms with Crippen molar-refractivity contribution in [3.63, 3.8) is 0 Å². The van der Waals surface area contributed by atoms with E-state index in [1.807, 2.05) is 37.4 Å². The zero-order valence-corrected chi connectivity index (χ0v) is 31.0. The van der Waals surface area contributed by atoms with Crippen LogP contribution in [0.4, 0.5) is 4.79 Å². The summed E-state index contributed by atoms with van der Waals surface area (Å²) >= 11 is 1.34. The highest BCUT2D eigenvalue weighted by Gasteiger charge is 2.33. The molecule has 0 aliphatic heterocycles. The zero-order chi connectivity index (χ0) is 36.5. The normalized spacial score (nSPS) is 16.0. The number of hydrogen-bond acceptors (Lipinski definition) is 9. The number of nitrogens with one attached hydrogen (secondary N) is 5. The molecular formula is C36H57N7O6S. The van der Waals surface area contributed by atoms with Crippen LogP contribution in [0.2, 0.25) is 0 Å². The van der Waals surface area contributed by atoms with E-state index in [1.54, 1.807) is 38.9 Å². The van der Waals surface area contributed by atoms with E-state index in [9.17, 15) is 24.3 Å². The van der Waals surface area contributed by atoms with E-state index in [-0.39, 0.29) is 30.3 Å². The van der Waals surface area contributed by atoms with Gasteiger partial charge in [-0.25, -0.2) is 9.78 Å². The Morgan fingerprint density at radius 2 is 1.70 bits per heavy atom. The standard InChI is InChI=1S/C36H57N7O6S/c1-36(2,3)49-35(48)42-29(19-26-14-10-7-11-15-26)33(46)41-30(20-27-21-38-24-39-27)34(47)40-28(18-25-12-8-6-9-13-25)31(44)22-50-23-32(45)43(5)17-16-37-4/h7,10-11,14-15,21,24-25,28-31,37,44H,6,8-9,12-13,16-20,22-23H2,1-5H3,(H,38,39)(H,40,47)(H,41,46)(H,42,48)/t28-,29-,30-,31-/m0/s1. The number of nitrogens with zero attached hydrogens (tertiary/aromatic N) is 2. The summed E-state index contributed by atoms with van der Waals surface area (Å²) in [5.74, 6) is -0.237. The highest BCUT2D eigenvalue weighted by Crippen LogP contribution is 2.28. The lowest BCUT2D eigenvalue weighted by atomic mass is 9.83. The van der Waals surface area contributed by atoms with Gasteiger partial charge in [-0.3, -0.25) is 14.4 Å². The molecule has 0 bridgehead atoms. The van der Waals surface area contributed by atoms with Crippen LogP contribution in [-0.2, 0) is 32.0 Å². The number of carbonyl (C=O) groups is 4. The molecular weight excluding hydrogens is 659 g/mol. The molecule has 4 amide bonds. The van der Waals surface area contributed by atoms with Crippen molar-refractivity contribution in [3.8, 4) is 0 Å². The molecule has 1 aromatic carbocycles. The van der Waals surface area contributed by atoms with Crippen molar-refractivity contribution in [3.05, 3.63) is 54.1 Å². The van der Waals surface area contributed by atoms with Crippen LogP contribution >= 0.6 is 11.8 Å². The first-order chi connectivity index (χ1) is 23.8. The van der Waals surface area contributed by atoms with Crippen molar-refractivity contribution >= 4 is 35.6 Å². The molecule has 1 saturated carbocycles. The zero-order valence-electron chi connectivity index (χ0n) is 30.2. The predicted molar refractivity (Wildman–Crippen MR) is 196 cm³/mol. The number of alkyl carbamates (subject to hydrolysis) is 1. The van der Waals surface area contributed by atoms with Crippen LogP contribution in [0, 0.1) is 5.92 Å². The number of carbonyl (C=O) groups excluding carboxylic acids is 4. The molecule has 1 heterocycles. The molecule has 14 heteroatoms. The first-order valence-electron chi connectivity index (χ1n) is 17.6. The quantitative estimate of drug-likeness (QED) is 0.128. The van der Waals surface area contributed by atoms with E-state index in [4.69, 9.17) is 4.74 Å². The Balaban J connectivity index is 1.77. The van der Waals surface area contributed by atoms with Gasteiger partial charge < -0.3 is 41.0 Å². The van der Waals surface area contributed by atoms with E-state index < -0.39 is 47.7 Å². The fourth-order valence-corrected chi connectivity index (χ4v) is 6.86. The summed E-state index contributed by atoms with van der Waals surface area (Å²) in [4.78, 5) is 62.1. The Kier molecular flexibility index (Phi) is 17.1. The molecule has 0 radical (unpaired) electrons. The molecule has 0 unspecified atom stereocenters. The third kappa shape index (κ3) is 15.1. The maximum atomic E-state index is 14.1. The number of aliphatic hydroxyl groups excluding tert-OH is 1. The minimum absolute atomic E-state index is 0.0304. The number of H-pyrrole nitrogens is 1. The summed E-state index contributed by atoms with van der Waals surface area (Å²) in [7, 11) is 3.59. The molecule has 1 aliphatic rings. The third-order valence-electron chi connectivity index (χ3n) is 8.63. The Morgan fingerprint density at radius 3 is 2.34 bits per heavy atom. The van der Waals surface area contributed by atoms with Crippen LogP contribution in [0.5, 0.6) is 0 Å². The Hall–Kier alpha value is -3.62. The van der Waals surface area contributed by atoms with Gasteiger partial charge in [0.15, 0.2) is 0 Å². The molecule has 13 nitrogen and oxygen atoms in total. The van der Waals surface area contributed by atoms with Crippen LogP contribution in [0.15, 0.2) is 42.9 Å². The summed E-state index contributed by atoms with van der Waals surface area (Å²) < 4.78 is 5.44. The van der Waals surface area contributed by atoms with E-state index in [2.05, 4.69) is 31.2 Å². The van der Waals surface area contributed by atoms with Crippen LogP contribution in [0.3, 0.4) is 0 Å². The number of likely N-dealkylation sites (N-methyl/N-ethyl adjacent to an activating group) is 2. The van der Waals surface area contributed by atoms with Gasteiger partial charge in [-0.2, -0.15) is 0 Å². The molecule has 3 rings (SSSR count). The number of ether oxygens (including phenoxy) is 1. The second-order valence-electron chi connectivity index (χ2n) is 14.1. The van der Waals surface area contributed by atoms with Gasteiger partial charge in [0, 0.05) is 44.9 Å². The number of aliphatic hydroxyl groups is 1. The number of rotatable bonds is 19. The highest BCUT2D eigenvalue weighted by molar-refractivity contribution is 7.99. The predicted octanol–water partition coefficient (Wildman–Crippen LogP) is 2.80. The van der Waals surface area contributed by atoms with Crippen molar-refractivity contribution in [1.82, 2.24) is 36.1 Å². The highest BCUT2D eigenvalue weighted by atomic mass is 32.2. The molecule has 0 saturated heterocycles. The van der Waals surface area contributed by atoms with Crippen LogP contribution in [0.1, 0.15) is 70.6 Å². The van der Waals surface area contributed by atoms with Crippen LogP contribution < -0.4 is 21.3 Å². The summed E-state index contributed by atoms with van der Waals surface area (Å²) in [6.07, 6.45) is 7.76. The second-order valence-corrected chi connectivity index (χ2v) is 15.1. The fourth-order valence-electron chi connectivity index (χ4n) is 5.88. The lowest BCUT2D eigenvalue weighted by Crippen LogP contribution is -2.58. The Morgan fingerprint density at radius 1 is 1.02 bits per heavy atom. The number of thioether (sulfide) groups is 1. The van der Waals surface area contributed by atoms with Crippen molar-refractivity contribution in [2.24, 2.45) is 5.92 Å². The van der Waals surface area contributed by atoms with Crippen LogP contribution in [0.25, 0.3) is 0 Å². The number of aromatic nitrogens is 2. The molecule has 2 aromatic rings. The van der Waals surface area contributed by atoms with Gasteiger partial charge in [0.1, 0.15) is 17.7 Å². The summed E-state index contributed by atoms with van der Waals surface area (Å²) in [6, 6.07) is 6.59. The van der Waals surface area contributed by atoms with E-state index in [1.165, 1.54) is 24.5 Å². The Bertz CT molecular complexity index is 1320. The van der Waals surface area contributed by atoms with Gasteiger partial charge in [-0.05, 0) is 45.7 Å². The number of aromatic amines is 1. The molecule has 0 spiro atoms. The SMILES string of the molecule is CNCCN(C)C(=O)CSC[C@H](O)[C@H](CC1CCCCC1)NC(=O)[C@H](Cc1c[nH]cn1)NC(=O)[C@H](Cc1ccccc1)NC(=O)OC(C)(C)C. The number of hydrogen-bond donors (Lipinski definition) is 6. The third-order valence-corrected chi connectivity index (χ3v) is 9.66. The number of amides is 4. The molecule has 50 heavy (non-hydrogen) atoms. The molecule has 1 fully saturated rings. The average molecular weight is 716 g/mol. The van der Waals surface area contributed by atoms with E-state index >= 15 is 0 Å². The smallest absolute Gasteiger partial charge is 0.408 e. The monoisotopic (exact) mass is 715 g/mol. The number of benzene rings is 1. The summed E-state index contributed by atoms with van der Waals surface area (Å²) in [5, 5.41) is 23.0.